The average Bonchev–Trinajstić information content (AvgIpc) is 2.62. The number of methoxy groups -OCH3 is 1. The molecule has 1 heterocycles. The van der Waals surface area contributed by atoms with Gasteiger partial charge in [0.2, 0.25) is 15.7 Å². The van der Waals surface area contributed by atoms with Crippen molar-refractivity contribution in [1.29, 1.82) is 0 Å². The largest absolute Gasteiger partial charge is 0.510 e. The summed E-state index contributed by atoms with van der Waals surface area (Å²) >= 11 is 0. The number of nitrogens with zero attached hydrogens (tertiary/aromatic N) is 3. The molecule has 0 radical (unpaired) electrons. The number of rotatable bonds is 5. The average molecular weight is 369 g/mol. The van der Waals surface area contributed by atoms with Gasteiger partial charge in [0.25, 0.3) is 0 Å². The summed E-state index contributed by atoms with van der Waals surface area (Å²) in [4.78, 5) is 11.6. The molecule has 0 aromatic heterocycles. The quantitative estimate of drug-likeness (QED) is 0.366. The molecule has 9 nitrogen and oxygen atoms in total. The van der Waals surface area contributed by atoms with Crippen LogP contribution in [0.5, 0.6) is 0 Å². The second kappa shape index (κ2) is 8.19. The van der Waals surface area contributed by atoms with Crippen LogP contribution >= 0.6 is 0 Å². The molecule has 0 unspecified atom stereocenters. The minimum absolute atomic E-state index is 0.0650. The number of hydrogen-bond acceptors (Lipinski definition) is 8. The monoisotopic (exact) mass is 369 g/mol. The first-order valence-electron chi connectivity index (χ1n) is 7.44. The molecule has 1 aliphatic heterocycles. The first-order valence-corrected chi connectivity index (χ1v) is 8.88. The van der Waals surface area contributed by atoms with Gasteiger partial charge in [0, 0.05) is 13.1 Å². The fraction of sp³-hybridized carbons (Fsp3) is 0.400. The summed E-state index contributed by atoms with van der Waals surface area (Å²) < 4.78 is 36.2. The van der Waals surface area contributed by atoms with Crippen molar-refractivity contribution >= 4 is 21.7 Å². The summed E-state index contributed by atoms with van der Waals surface area (Å²) in [5, 5.41) is 16.9. The second-order valence-electron chi connectivity index (χ2n) is 5.14. The summed E-state index contributed by atoms with van der Waals surface area (Å²) in [6.07, 6.45) is 0. The van der Waals surface area contributed by atoms with Gasteiger partial charge in [0.15, 0.2) is 0 Å². The Morgan fingerprint density at radius 2 is 2.00 bits per heavy atom. The van der Waals surface area contributed by atoms with Gasteiger partial charge in [-0.05, 0) is 25.1 Å². The summed E-state index contributed by atoms with van der Waals surface area (Å²) in [5.41, 5.74) is -0.138. The number of hydrogen-bond donors (Lipinski definition) is 1. The lowest BCUT2D eigenvalue weighted by molar-refractivity contribution is -0.136. The minimum Gasteiger partial charge on any atom is -0.510 e. The predicted octanol–water partition coefficient (Wildman–Crippen LogP) is 1.75. The Bertz CT molecular complexity index is 793. The van der Waals surface area contributed by atoms with Gasteiger partial charge in [0.05, 0.1) is 30.9 Å². The Kier molecular flexibility index (Phi) is 6.23. The highest BCUT2D eigenvalue weighted by molar-refractivity contribution is 7.89. The van der Waals surface area contributed by atoms with E-state index in [9.17, 15) is 18.3 Å². The molecule has 1 aromatic carbocycles. The Morgan fingerprint density at radius 1 is 1.32 bits per heavy atom. The molecule has 1 aliphatic rings. The summed E-state index contributed by atoms with van der Waals surface area (Å²) in [6, 6.07) is 5.85. The first-order chi connectivity index (χ1) is 11.9. The number of azo groups is 1. The van der Waals surface area contributed by atoms with Crippen LogP contribution in [0.4, 0.5) is 5.69 Å². The molecule has 1 fully saturated rings. The maximum absolute atomic E-state index is 12.6. The maximum atomic E-state index is 12.6. The molecule has 136 valence electrons. The highest BCUT2D eigenvalue weighted by Crippen LogP contribution is 2.23. The van der Waals surface area contributed by atoms with E-state index in [1.165, 1.54) is 35.5 Å². The summed E-state index contributed by atoms with van der Waals surface area (Å²) in [5.74, 6) is -1.20. The van der Waals surface area contributed by atoms with Crippen LogP contribution in [-0.4, -0.2) is 57.2 Å². The third-order valence-corrected chi connectivity index (χ3v) is 5.31. The van der Waals surface area contributed by atoms with E-state index < -0.39 is 16.0 Å². The lowest BCUT2D eigenvalue weighted by Gasteiger charge is -2.26. The van der Waals surface area contributed by atoms with Crippen LogP contribution in [0.15, 0.2) is 50.8 Å². The molecule has 25 heavy (non-hydrogen) atoms. The van der Waals surface area contributed by atoms with Crippen molar-refractivity contribution in [2.24, 2.45) is 10.2 Å². The summed E-state index contributed by atoms with van der Waals surface area (Å²) in [6.45, 7) is 2.54. The molecule has 10 heteroatoms. The Labute approximate surface area is 145 Å². The number of aliphatic hydroxyl groups excluding tert-OH is 1. The van der Waals surface area contributed by atoms with Gasteiger partial charge in [-0.25, -0.2) is 13.2 Å². The van der Waals surface area contributed by atoms with Crippen LogP contribution < -0.4 is 0 Å². The first kappa shape index (κ1) is 19.0. The number of sulfonamides is 1. The van der Waals surface area contributed by atoms with Crippen molar-refractivity contribution in [3.63, 3.8) is 0 Å². The van der Waals surface area contributed by atoms with Crippen LogP contribution in [0.3, 0.4) is 0 Å². The third kappa shape index (κ3) is 4.62. The maximum Gasteiger partial charge on any atom is 0.362 e. The molecule has 0 saturated carbocycles. The van der Waals surface area contributed by atoms with Gasteiger partial charge >= 0.3 is 5.97 Å². The van der Waals surface area contributed by atoms with Gasteiger partial charge in [-0.15, -0.1) is 5.11 Å². The molecule has 2 rings (SSSR count). The van der Waals surface area contributed by atoms with Crippen molar-refractivity contribution in [3.8, 4) is 0 Å². The molecule has 0 bridgehead atoms. The zero-order valence-corrected chi connectivity index (χ0v) is 14.7. The summed E-state index contributed by atoms with van der Waals surface area (Å²) in [7, 11) is -2.51. The predicted molar refractivity (Wildman–Crippen MR) is 87.9 cm³/mol. The molecule has 1 saturated heterocycles. The number of ether oxygens (including phenoxy) is 2. The van der Waals surface area contributed by atoms with Gasteiger partial charge in [-0.3, -0.25) is 0 Å². The van der Waals surface area contributed by atoms with E-state index in [0.717, 1.165) is 7.11 Å². The molecule has 0 atom stereocenters. The number of benzene rings is 1. The smallest absolute Gasteiger partial charge is 0.362 e. The Balaban J connectivity index is 2.28. The van der Waals surface area contributed by atoms with Crippen molar-refractivity contribution in [2.45, 2.75) is 11.8 Å². The van der Waals surface area contributed by atoms with Gasteiger partial charge < -0.3 is 14.6 Å². The van der Waals surface area contributed by atoms with E-state index in [4.69, 9.17) is 4.74 Å². The number of carbonyl (C=O) groups is 1. The number of carbonyl (C=O) groups excluding carboxylic acids is 1. The standard InChI is InChI=1S/C15H19N3O6S/c1-11(19)14(15(20)23-2)17-16-12-4-3-5-13(10-12)25(21,22)18-6-8-24-9-7-18/h3-5,10,19H,6-9H2,1-2H3/b14-11+,17-16?. The number of allylic oxidation sites excluding steroid dienone is 1. The molecule has 0 amide bonds. The van der Waals surface area contributed by atoms with Crippen LogP contribution in [0.25, 0.3) is 0 Å². The minimum atomic E-state index is -3.66. The van der Waals surface area contributed by atoms with Gasteiger partial charge in [0.1, 0.15) is 5.76 Å². The van der Waals surface area contributed by atoms with Crippen LogP contribution in [0.2, 0.25) is 0 Å². The Morgan fingerprint density at radius 3 is 2.60 bits per heavy atom. The molecule has 0 spiro atoms. The van der Waals surface area contributed by atoms with Crippen LogP contribution in [0.1, 0.15) is 6.92 Å². The fourth-order valence-corrected chi connectivity index (χ4v) is 3.56. The van der Waals surface area contributed by atoms with E-state index in [0.29, 0.717) is 13.2 Å². The van der Waals surface area contributed by atoms with Crippen molar-refractivity contribution in [2.75, 3.05) is 33.4 Å². The van der Waals surface area contributed by atoms with Crippen LogP contribution in [-0.2, 0) is 24.3 Å². The molecular weight excluding hydrogens is 350 g/mol. The highest BCUT2D eigenvalue weighted by Gasteiger charge is 2.26. The van der Waals surface area contributed by atoms with E-state index in [-0.39, 0.29) is 35.1 Å². The highest BCUT2D eigenvalue weighted by atomic mass is 32.2. The molecule has 0 aliphatic carbocycles. The van der Waals surface area contributed by atoms with Crippen molar-refractivity contribution < 1.29 is 27.8 Å². The zero-order chi connectivity index (χ0) is 18.4. The third-order valence-electron chi connectivity index (χ3n) is 3.41. The SMILES string of the molecule is COC(=O)/C(N=Nc1cccc(S(=O)(=O)N2CCOCC2)c1)=C(/C)O. The lowest BCUT2D eigenvalue weighted by atomic mass is 10.3. The van der Waals surface area contributed by atoms with Gasteiger partial charge in [-0.1, -0.05) is 6.07 Å². The van der Waals surface area contributed by atoms with Crippen LogP contribution in [0, 0.1) is 0 Å². The second-order valence-corrected chi connectivity index (χ2v) is 7.08. The van der Waals surface area contributed by atoms with E-state index >= 15 is 0 Å². The number of esters is 1. The van der Waals surface area contributed by atoms with Crippen molar-refractivity contribution in [1.82, 2.24) is 4.31 Å². The van der Waals surface area contributed by atoms with E-state index in [2.05, 4.69) is 15.0 Å². The molecule has 1 N–H and O–H groups in total. The Hall–Kier alpha value is -2.30. The number of morpholine rings is 1. The van der Waals surface area contributed by atoms with Gasteiger partial charge in [-0.2, -0.15) is 9.42 Å². The number of aliphatic hydroxyl groups is 1. The topological polar surface area (TPSA) is 118 Å². The fourth-order valence-electron chi connectivity index (χ4n) is 2.11. The molecular formula is C15H19N3O6S. The van der Waals surface area contributed by atoms with E-state index in [1.54, 1.807) is 0 Å². The van der Waals surface area contributed by atoms with Crippen molar-refractivity contribution in [3.05, 3.63) is 35.7 Å². The molecule has 1 aromatic rings. The lowest BCUT2D eigenvalue weighted by Crippen LogP contribution is -2.40. The van der Waals surface area contributed by atoms with E-state index in [1.807, 2.05) is 0 Å². The zero-order valence-electron chi connectivity index (χ0n) is 13.9. The normalized spacial score (nSPS) is 17.4.